The second-order valence-corrected chi connectivity index (χ2v) is 10.8. The van der Waals surface area contributed by atoms with Crippen LogP contribution in [-0.4, -0.2) is 51.1 Å². The molecule has 0 saturated carbocycles. The summed E-state index contributed by atoms with van der Waals surface area (Å²) in [4.78, 5) is 15.3. The van der Waals surface area contributed by atoms with Crippen LogP contribution in [0.3, 0.4) is 0 Å². The van der Waals surface area contributed by atoms with Crippen LogP contribution in [0.4, 0.5) is 5.69 Å². The van der Waals surface area contributed by atoms with Crippen LogP contribution in [0.1, 0.15) is 76.6 Å². The quantitative estimate of drug-likeness (QED) is 0.316. The molecule has 0 bridgehead atoms. The summed E-state index contributed by atoms with van der Waals surface area (Å²) in [6.07, 6.45) is 5.87. The van der Waals surface area contributed by atoms with Crippen molar-refractivity contribution in [3.8, 4) is 0 Å². The molecule has 2 aromatic carbocycles. The van der Waals surface area contributed by atoms with Gasteiger partial charge in [-0.25, -0.2) is 4.68 Å². The number of carbonyl (C=O) groups is 1. The Kier molecular flexibility index (Phi) is 10.1. The Morgan fingerprint density at radius 2 is 1.68 bits per heavy atom. The van der Waals surface area contributed by atoms with Crippen molar-refractivity contribution in [1.29, 1.82) is 0 Å². The maximum Gasteiger partial charge on any atom is 0.229 e. The van der Waals surface area contributed by atoms with E-state index in [2.05, 4.69) is 77.8 Å². The van der Waals surface area contributed by atoms with Crippen LogP contribution in [0.5, 0.6) is 0 Å². The Bertz CT molecular complexity index is 1110. The minimum atomic E-state index is -0.248. The third-order valence-electron chi connectivity index (χ3n) is 7.75. The Morgan fingerprint density at radius 1 is 1.03 bits per heavy atom. The summed E-state index contributed by atoms with van der Waals surface area (Å²) < 4.78 is 8.31. The first-order valence-electron chi connectivity index (χ1n) is 14.1. The number of carbonyl (C=O) groups excluding carboxylic acids is 1. The van der Waals surface area contributed by atoms with Crippen LogP contribution in [-0.2, 0) is 16.1 Å². The van der Waals surface area contributed by atoms with Gasteiger partial charge in [-0.2, -0.15) is 0 Å². The van der Waals surface area contributed by atoms with E-state index >= 15 is 0 Å². The first kappa shape index (κ1) is 28.0. The number of aromatic nitrogens is 3. The zero-order valence-corrected chi connectivity index (χ0v) is 23.3. The fraction of sp³-hybridized carbons (Fsp3) is 0.516. The molecule has 7 nitrogen and oxygen atoms in total. The minimum absolute atomic E-state index is 0.00779. The predicted molar refractivity (Wildman–Crippen MR) is 152 cm³/mol. The number of rotatable bonds is 12. The maximum atomic E-state index is 12.8. The molecule has 1 aromatic heterocycles. The van der Waals surface area contributed by atoms with E-state index in [1.54, 1.807) is 0 Å². The van der Waals surface area contributed by atoms with Crippen molar-refractivity contribution in [3.05, 3.63) is 78.1 Å². The van der Waals surface area contributed by atoms with Gasteiger partial charge in [-0.1, -0.05) is 67.6 Å². The number of nitrogens with zero attached hydrogens (tertiary/aromatic N) is 4. The smallest absolute Gasteiger partial charge is 0.229 e. The van der Waals surface area contributed by atoms with Gasteiger partial charge in [-0.15, -0.1) is 5.10 Å². The van der Waals surface area contributed by atoms with Gasteiger partial charge in [0.2, 0.25) is 5.91 Å². The number of para-hydroxylation sites is 1. The molecule has 2 heterocycles. The van der Waals surface area contributed by atoms with Gasteiger partial charge in [-0.05, 0) is 76.2 Å². The Labute approximate surface area is 227 Å². The molecule has 3 aromatic rings. The third-order valence-corrected chi connectivity index (χ3v) is 7.75. The van der Waals surface area contributed by atoms with E-state index < -0.39 is 0 Å². The molecule has 4 atom stereocenters. The highest BCUT2D eigenvalue weighted by molar-refractivity contribution is 5.92. The average molecular weight is 518 g/mol. The predicted octanol–water partition coefficient (Wildman–Crippen LogP) is 6.07. The molecule has 1 aliphatic heterocycles. The number of nitrogens with one attached hydrogen (secondary N) is 1. The average Bonchev–Trinajstić information content (AvgIpc) is 3.41. The molecule has 7 heteroatoms. The summed E-state index contributed by atoms with van der Waals surface area (Å²) in [5.74, 6) is 0.391. The van der Waals surface area contributed by atoms with Gasteiger partial charge < -0.3 is 10.1 Å². The summed E-state index contributed by atoms with van der Waals surface area (Å²) >= 11 is 0. The summed E-state index contributed by atoms with van der Waals surface area (Å²) in [5, 5.41) is 11.9. The monoisotopic (exact) mass is 517 g/mol. The molecule has 1 amide bonds. The van der Waals surface area contributed by atoms with E-state index in [1.165, 1.54) is 18.4 Å². The topological polar surface area (TPSA) is 72.3 Å². The number of anilines is 1. The standard InChI is InChI=1S/C31H43N5O2/c1-5-30(25(4)31(37)32-28-14-10-7-11-15-28)38-24(3)20-23(2)36-22-29(33-34-36)21-35-18-16-27(17-19-35)26-12-8-6-9-13-26/h6-15,22-25,27,30H,5,16-21H2,1-4H3,(H,32,37)/t23-,24-,25+,30+/m1/s1. The Balaban J connectivity index is 1.22. The molecular weight excluding hydrogens is 474 g/mol. The first-order chi connectivity index (χ1) is 18.4. The second-order valence-electron chi connectivity index (χ2n) is 10.8. The number of ether oxygens (including phenoxy) is 1. The van der Waals surface area contributed by atoms with Gasteiger partial charge in [0.25, 0.3) is 0 Å². The van der Waals surface area contributed by atoms with Gasteiger partial charge in [0, 0.05) is 12.2 Å². The van der Waals surface area contributed by atoms with Gasteiger partial charge in [-0.3, -0.25) is 9.69 Å². The molecule has 0 aliphatic carbocycles. The fourth-order valence-corrected chi connectivity index (χ4v) is 5.44. The van der Waals surface area contributed by atoms with Gasteiger partial charge in [0.1, 0.15) is 0 Å². The third kappa shape index (κ3) is 7.74. The Morgan fingerprint density at radius 3 is 2.34 bits per heavy atom. The molecule has 1 aliphatic rings. The molecule has 204 valence electrons. The van der Waals surface area contributed by atoms with E-state index in [1.807, 2.05) is 41.9 Å². The van der Waals surface area contributed by atoms with E-state index in [0.717, 1.165) is 43.9 Å². The van der Waals surface area contributed by atoms with Crippen molar-refractivity contribution >= 4 is 11.6 Å². The number of benzene rings is 2. The van der Waals surface area contributed by atoms with Crippen LogP contribution >= 0.6 is 0 Å². The highest BCUT2D eigenvalue weighted by Crippen LogP contribution is 2.28. The van der Waals surface area contributed by atoms with Crippen LogP contribution in [0, 0.1) is 5.92 Å². The molecule has 1 fully saturated rings. The lowest BCUT2D eigenvalue weighted by molar-refractivity contribution is -0.126. The molecule has 0 unspecified atom stereocenters. The normalized spacial score (nSPS) is 18.0. The summed E-state index contributed by atoms with van der Waals surface area (Å²) in [6, 6.07) is 20.6. The molecule has 0 radical (unpaired) electrons. The SMILES string of the molecule is CC[C@H](O[C@H](C)C[C@@H](C)n1cc(CN2CCC(c3ccccc3)CC2)nn1)[C@H](C)C(=O)Nc1ccccc1. The second kappa shape index (κ2) is 13.7. The molecule has 1 saturated heterocycles. The first-order valence-corrected chi connectivity index (χ1v) is 14.1. The van der Waals surface area contributed by atoms with Gasteiger partial charge >= 0.3 is 0 Å². The van der Waals surface area contributed by atoms with Gasteiger partial charge in [0.05, 0.1) is 36.1 Å². The number of amides is 1. The molecule has 0 spiro atoms. The molecular formula is C31H43N5O2. The lowest BCUT2D eigenvalue weighted by atomic mass is 9.89. The number of hydrogen-bond donors (Lipinski definition) is 1. The number of piperidine rings is 1. The summed E-state index contributed by atoms with van der Waals surface area (Å²) in [6.45, 7) is 11.2. The van der Waals surface area contributed by atoms with Crippen molar-refractivity contribution in [3.63, 3.8) is 0 Å². The lowest BCUT2D eigenvalue weighted by Crippen LogP contribution is -2.35. The molecule has 1 N–H and O–H groups in total. The summed E-state index contributed by atoms with van der Waals surface area (Å²) in [5.41, 5.74) is 3.28. The summed E-state index contributed by atoms with van der Waals surface area (Å²) in [7, 11) is 0. The van der Waals surface area contributed by atoms with Crippen LogP contribution in [0.15, 0.2) is 66.9 Å². The van der Waals surface area contributed by atoms with E-state index in [0.29, 0.717) is 5.92 Å². The van der Waals surface area contributed by atoms with Crippen LogP contribution in [0.25, 0.3) is 0 Å². The van der Waals surface area contributed by atoms with Crippen molar-refractivity contribution in [1.82, 2.24) is 19.9 Å². The number of likely N-dealkylation sites (tertiary alicyclic amines) is 1. The van der Waals surface area contributed by atoms with Crippen molar-refractivity contribution in [2.75, 3.05) is 18.4 Å². The largest absolute Gasteiger partial charge is 0.374 e. The Hall–Kier alpha value is -3.03. The lowest BCUT2D eigenvalue weighted by Gasteiger charge is -2.31. The van der Waals surface area contributed by atoms with Gasteiger partial charge in [0.15, 0.2) is 0 Å². The molecule has 4 rings (SSSR count). The zero-order chi connectivity index (χ0) is 26.9. The van der Waals surface area contributed by atoms with Crippen LogP contribution in [0.2, 0.25) is 0 Å². The number of hydrogen-bond acceptors (Lipinski definition) is 5. The highest BCUT2D eigenvalue weighted by atomic mass is 16.5. The van der Waals surface area contributed by atoms with E-state index in [9.17, 15) is 4.79 Å². The minimum Gasteiger partial charge on any atom is -0.374 e. The van der Waals surface area contributed by atoms with E-state index in [4.69, 9.17) is 4.74 Å². The van der Waals surface area contributed by atoms with Crippen LogP contribution < -0.4 is 5.32 Å². The van der Waals surface area contributed by atoms with Crippen molar-refractivity contribution in [2.24, 2.45) is 5.92 Å². The maximum absolute atomic E-state index is 12.8. The van der Waals surface area contributed by atoms with E-state index in [-0.39, 0.29) is 30.1 Å². The molecule has 38 heavy (non-hydrogen) atoms. The highest BCUT2D eigenvalue weighted by Gasteiger charge is 2.26. The van der Waals surface area contributed by atoms with Crippen molar-refractivity contribution < 1.29 is 9.53 Å². The fourth-order valence-electron chi connectivity index (χ4n) is 5.44. The zero-order valence-electron chi connectivity index (χ0n) is 23.3. The van der Waals surface area contributed by atoms with Crippen molar-refractivity contribution in [2.45, 2.75) is 84.1 Å².